The zero-order valence-electron chi connectivity index (χ0n) is 17.0. The molecule has 156 valence electrons. The molecule has 2 amide bonds. The molecule has 8 heteroatoms. The molecule has 0 bridgehead atoms. The molecule has 0 saturated carbocycles. The Labute approximate surface area is 170 Å². The second kappa shape index (κ2) is 9.56. The Morgan fingerprint density at radius 2 is 2.07 bits per heavy atom. The highest BCUT2D eigenvalue weighted by molar-refractivity contribution is 5.92. The second-order valence-electron chi connectivity index (χ2n) is 7.22. The topological polar surface area (TPSA) is 93.9 Å². The summed E-state index contributed by atoms with van der Waals surface area (Å²) in [5, 5.41) is 6.54. The van der Waals surface area contributed by atoms with E-state index in [-0.39, 0.29) is 17.7 Å². The number of nitrogens with zero attached hydrogens (tertiary/aromatic N) is 2. The van der Waals surface area contributed by atoms with Gasteiger partial charge in [0.2, 0.25) is 5.91 Å². The monoisotopic (exact) mass is 401 g/mol. The van der Waals surface area contributed by atoms with E-state index in [1.54, 1.807) is 31.9 Å². The third-order valence-corrected chi connectivity index (χ3v) is 5.04. The van der Waals surface area contributed by atoms with Crippen molar-refractivity contribution >= 4 is 17.6 Å². The number of anilines is 1. The van der Waals surface area contributed by atoms with Crippen molar-refractivity contribution in [3.63, 3.8) is 0 Å². The fourth-order valence-corrected chi connectivity index (χ4v) is 3.33. The number of carbonyl (C=O) groups is 2. The molecule has 0 aliphatic carbocycles. The van der Waals surface area contributed by atoms with Crippen molar-refractivity contribution in [2.45, 2.75) is 39.4 Å². The number of aromatic nitrogens is 1. The lowest BCUT2D eigenvalue weighted by Gasteiger charge is -2.32. The van der Waals surface area contributed by atoms with E-state index in [2.05, 4.69) is 10.5 Å². The van der Waals surface area contributed by atoms with Gasteiger partial charge in [-0.2, -0.15) is 0 Å². The summed E-state index contributed by atoms with van der Waals surface area (Å²) >= 11 is 0. The molecule has 1 aliphatic rings. The number of hydrogen-bond donors (Lipinski definition) is 1. The van der Waals surface area contributed by atoms with Crippen LogP contribution in [0.1, 0.15) is 31.1 Å². The molecule has 0 unspecified atom stereocenters. The Morgan fingerprint density at radius 1 is 1.31 bits per heavy atom. The van der Waals surface area contributed by atoms with E-state index >= 15 is 0 Å². The summed E-state index contributed by atoms with van der Waals surface area (Å²) < 4.78 is 15.9. The van der Waals surface area contributed by atoms with Crippen LogP contribution in [-0.2, 0) is 20.9 Å². The van der Waals surface area contributed by atoms with Gasteiger partial charge in [0.05, 0.1) is 13.7 Å². The Kier molecular flexibility index (Phi) is 6.87. The van der Waals surface area contributed by atoms with Crippen LogP contribution in [0.25, 0.3) is 0 Å². The minimum Gasteiger partial charge on any atom is -0.497 e. The van der Waals surface area contributed by atoms with Crippen molar-refractivity contribution in [3.05, 3.63) is 41.7 Å². The molecule has 1 fully saturated rings. The van der Waals surface area contributed by atoms with Gasteiger partial charge in [-0.1, -0.05) is 17.3 Å². The Balaban J connectivity index is 1.44. The fraction of sp³-hybridized carbons (Fsp3) is 0.476. The van der Waals surface area contributed by atoms with Crippen LogP contribution in [0.5, 0.6) is 5.75 Å². The standard InChI is InChI=1S/C21H27N3O5/c1-14-11-19(23-29-14)22-20(25)17-7-9-24(10-8-17)21(26)15(2)28-13-16-5-4-6-18(12-16)27-3/h4-6,11-12,15,17H,7-10,13H2,1-3H3,(H,22,23,25)/t15-/m0/s1. The van der Waals surface area contributed by atoms with Crippen LogP contribution in [0.15, 0.2) is 34.9 Å². The van der Waals surface area contributed by atoms with Gasteiger partial charge in [0.1, 0.15) is 17.6 Å². The van der Waals surface area contributed by atoms with Crippen LogP contribution in [0.4, 0.5) is 5.82 Å². The fourth-order valence-electron chi connectivity index (χ4n) is 3.33. The molecule has 1 N–H and O–H groups in total. The lowest BCUT2D eigenvalue weighted by Crippen LogP contribution is -2.45. The smallest absolute Gasteiger partial charge is 0.251 e. The summed E-state index contributed by atoms with van der Waals surface area (Å²) in [7, 11) is 1.61. The summed E-state index contributed by atoms with van der Waals surface area (Å²) in [5.41, 5.74) is 0.947. The summed E-state index contributed by atoms with van der Waals surface area (Å²) in [5.74, 6) is 1.52. The van der Waals surface area contributed by atoms with Gasteiger partial charge in [-0.3, -0.25) is 9.59 Å². The largest absolute Gasteiger partial charge is 0.497 e. The van der Waals surface area contributed by atoms with Crippen molar-refractivity contribution < 1.29 is 23.6 Å². The molecule has 2 aromatic rings. The van der Waals surface area contributed by atoms with Crippen LogP contribution < -0.4 is 10.1 Å². The van der Waals surface area contributed by atoms with Gasteiger partial charge < -0.3 is 24.2 Å². The summed E-state index contributed by atoms with van der Waals surface area (Å²) in [4.78, 5) is 26.8. The predicted octanol–water partition coefficient (Wildman–Crippen LogP) is 2.77. The molecule has 8 nitrogen and oxygen atoms in total. The summed E-state index contributed by atoms with van der Waals surface area (Å²) in [6.45, 7) is 4.92. The van der Waals surface area contributed by atoms with E-state index in [1.165, 1.54) is 0 Å². The van der Waals surface area contributed by atoms with Crippen molar-refractivity contribution in [1.82, 2.24) is 10.1 Å². The number of piperidine rings is 1. The normalized spacial score (nSPS) is 15.8. The Hall–Kier alpha value is -2.87. The molecule has 3 rings (SSSR count). The molecule has 1 aromatic heterocycles. The molecule has 0 spiro atoms. The number of nitrogens with one attached hydrogen (secondary N) is 1. The van der Waals surface area contributed by atoms with Crippen molar-refractivity contribution in [3.8, 4) is 5.75 Å². The highest BCUT2D eigenvalue weighted by Crippen LogP contribution is 2.21. The average molecular weight is 401 g/mol. The van der Waals surface area contributed by atoms with Gasteiger partial charge in [0, 0.05) is 25.1 Å². The molecule has 1 atom stereocenters. The Bertz CT molecular complexity index is 842. The summed E-state index contributed by atoms with van der Waals surface area (Å²) in [6, 6.07) is 9.25. The first-order chi connectivity index (χ1) is 14.0. The number of methoxy groups -OCH3 is 1. The zero-order chi connectivity index (χ0) is 20.8. The lowest BCUT2D eigenvalue weighted by molar-refractivity contribution is -0.145. The average Bonchev–Trinajstić information content (AvgIpc) is 3.16. The lowest BCUT2D eigenvalue weighted by atomic mass is 9.95. The third kappa shape index (κ3) is 5.57. The zero-order valence-corrected chi connectivity index (χ0v) is 17.0. The van der Waals surface area contributed by atoms with Gasteiger partial charge >= 0.3 is 0 Å². The van der Waals surface area contributed by atoms with Crippen LogP contribution in [0.2, 0.25) is 0 Å². The third-order valence-electron chi connectivity index (χ3n) is 5.04. The number of carbonyl (C=O) groups excluding carboxylic acids is 2. The molecular weight excluding hydrogens is 374 g/mol. The number of benzene rings is 1. The molecule has 2 heterocycles. The number of likely N-dealkylation sites (tertiary alicyclic amines) is 1. The van der Waals surface area contributed by atoms with E-state index in [0.717, 1.165) is 11.3 Å². The minimum atomic E-state index is -0.551. The van der Waals surface area contributed by atoms with Gasteiger partial charge in [0.15, 0.2) is 5.82 Å². The van der Waals surface area contributed by atoms with Gasteiger partial charge in [0.25, 0.3) is 5.91 Å². The maximum Gasteiger partial charge on any atom is 0.251 e. The van der Waals surface area contributed by atoms with E-state index in [9.17, 15) is 9.59 Å². The number of ether oxygens (including phenoxy) is 2. The molecule has 1 saturated heterocycles. The van der Waals surface area contributed by atoms with Crippen LogP contribution in [-0.4, -0.2) is 48.2 Å². The quantitative estimate of drug-likeness (QED) is 0.767. The van der Waals surface area contributed by atoms with Crippen molar-refractivity contribution in [2.75, 3.05) is 25.5 Å². The first kappa shape index (κ1) is 20.9. The highest BCUT2D eigenvalue weighted by atomic mass is 16.5. The number of aryl methyl sites for hydroxylation is 1. The van der Waals surface area contributed by atoms with Crippen LogP contribution >= 0.6 is 0 Å². The molecular formula is C21H27N3O5. The maximum atomic E-state index is 12.7. The van der Waals surface area contributed by atoms with Crippen molar-refractivity contribution in [1.29, 1.82) is 0 Å². The molecule has 0 radical (unpaired) electrons. The van der Waals surface area contributed by atoms with E-state index in [0.29, 0.717) is 44.1 Å². The van der Waals surface area contributed by atoms with E-state index in [4.69, 9.17) is 14.0 Å². The molecule has 29 heavy (non-hydrogen) atoms. The van der Waals surface area contributed by atoms with Gasteiger partial charge in [-0.25, -0.2) is 0 Å². The first-order valence-corrected chi connectivity index (χ1v) is 9.73. The van der Waals surface area contributed by atoms with Crippen LogP contribution in [0, 0.1) is 12.8 Å². The molecule has 1 aliphatic heterocycles. The second-order valence-corrected chi connectivity index (χ2v) is 7.22. The SMILES string of the molecule is COc1cccc(CO[C@@H](C)C(=O)N2CCC(C(=O)Nc3cc(C)on3)CC2)c1. The predicted molar refractivity (Wildman–Crippen MR) is 106 cm³/mol. The van der Waals surface area contributed by atoms with E-state index in [1.807, 2.05) is 24.3 Å². The number of rotatable bonds is 7. The first-order valence-electron chi connectivity index (χ1n) is 9.73. The number of hydrogen-bond acceptors (Lipinski definition) is 6. The number of amides is 2. The maximum absolute atomic E-state index is 12.7. The van der Waals surface area contributed by atoms with Gasteiger partial charge in [-0.15, -0.1) is 0 Å². The highest BCUT2D eigenvalue weighted by Gasteiger charge is 2.30. The van der Waals surface area contributed by atoms with Crippen molar-refractivity contribution in [2.24, 2.45) is 5.92 Å². The van der Waals surface area contributed by atoms with Crippen LogP contribution in [0.3, 0.4) is 0 Å². The summed E-state index contributed by atoms with van der Waals surface area (Å²) in [6.07, 6.45) is 0.665. The van der Waals surface area contributed by atoms with E-state index < -0.39 is 6.10 Å². The molecule has 1 aromatic carbocycles. The Morgan fingerprint density at radius 3 is 2.72 bits per heavy atom. The van der Waals surface area contributed by atoms with Gasteiger partial charge in [-0.05, 0) is 44.4 Å². The minimum absolute atomic E-state index is 0.0566.